The number of anilines is 1. The first kappa shape index (κ1) is 12.0. The maximum atomic E-state index is 12.2. The lowest BCUT2D eigenvalue weighted by molar-refractivity contribution is -0.0498. The summed E-state index contributed by atoms with van der Waals surface area (Å²) >= 11 is 0. The molecule has 6 heteroatoms. The summed E-state index contributed by atoms with van der Waals surface area (Å²) in [7, 11) is 1.99. The van der Waals surface area contributed by atoms with Gasteiger partial charge in [-0.25, -0.2) is 4.68 Å². The molecular formula is C13H13F2N3O. The highest BCUT2D eigenvalue weighted by atomic mass is 19.3. The molecule has 4 nitrogen and oxygen atoms in total. The van der Waals surface area contributed by atoms with Crippen molar-refractivity contribution in [3.63, 3.8) is 0 Å². The van der Waals surface area contributed by atoms with Gasteiger partial charge in [0.25, 0.3) is 0 Å². The zero-order chi connectivity index (χ0) is 13.4. The van der Waals surface area contributed by atoms with Crippen LogP contribution < -0.4 is 9.64 Å². The number of alkyl halides is 2. The quantitative estimate of drug-likeness (QED) is 0.854. The van der Waals surface area contributed by atoms with Gasteiger partial charge in [-0.1, -0.05) is 12.1 Å². The summed E-state index contributed by atoms with van der Waals surface area (Å²) in [5.74, 6) is 1.17. The summed E-state index contributed by atoms with van der Waals surface area (Å²) in [4.78, 5) is 2.10. The van der Waals surface area contributed by atoms with E-state index in [4.69, 9.17) is 0 Å². The van der Waals surface area contributed by atoms with Crippen LogP contribution in [0.3, 0.4) is 0 Å². The van der Waals surface area contributed by atoms with E-state index in [-0.39, 0.29) is 5.75 Å². The van der Waals surface area contributed by atoms with E-state index in [1.165, 1.54) is 6.07 Å². The van der Waals surface area contributed by atoms with Crippen molar-refractivity contribution in [1.29, 1.82) is 0 Å². The average Bonchev–Trinajstić information content (AvgIpc) is 2.92. The number of nitrogens with zero attached hydrogens (tertiary/aromatic N) is 3. The second-order valence-corrected chi connectivity index (χ2v) is 4.43. The summed E-state index contributed by atoms with van der Waals surface area (Å²) in [5.41, 5.74) is 1.76. The smallest absolute Gasteiger partial charge is 0.387 e. The fourth-order valence-corrected chi connectivity index (χ4v) is 2.34. The average molecular weight is 265 g/mol. The molecule has 0 saturated heterocycles. The summed E-state index contributed by atoms with van der Waals surface area (Å²) in [6.07, 6.45) is 1.76. The minimum atomic E-state index is -2.81. The molecule has 0 saturated carbocycles. The van der Waals surface area contributed by atoms with Crippen LogP contribution in [0.25, 0.3) is 11.1 Å². The van der Waals surface area contributed by atoms with Crippen molar-refractivity contribution < 1.29 is 13.5 Å². The predicted molar refractivity (Wildman–Crippen MR) is 67.6 cm³/mol. The Hall–Kier alpha value is -2.11. The number of ether oxygens (including phenoxy) is 1. The SMILES string of the molecule is CN1CCn2ncc(-c3cccc(OC(F)F)c3)c21. The molecule has 1 aliphatic heterocycles. The Balaban J connectivity index is 1.99. The fraction of sp³-hybridized carbons (Fsp3) is 0.308. The maximum Gasteiger partial charge on any atom is 0.387 e. The van der Waals surface area contributed by atoms with E-state index in [0.29, 0.717) is 0 Å². The number of hydrogen-bond donors (Lipinski definition) is 0. The molecule has 0 amide bonds. The lowest BCUT2D eigenvalue weighted by atomic mass is 10.1. The van der Waals surface area contributed by atoms with Gasteiger partial charge in [-0.05, 0) is 17.7 Å². The second kappa shape index (κ2) is 4.53. The first-order valence-corrected chi connectivity index (χ1v) is 5.97. The second-order valence-electron chi connectivity index (χ2n) is 4.43. The van der Waals surface area contributed by atoms with E-state index >= 15 is 0 Å². The molecule has 2 aromatic rings. The summed E-state index contributed by atoms with van der Waals surface area (Å²) in [5, 5.41) is 4.30. The molecule has 100 valence electrons. The van der Waals surface area contributed by atoms with Crippen LogP contribution in [0.15, 0.2) is 30.5 Å². The number of likely N-dealkylation sites (N-methyl/N-ethyl adjacent to an activating group) is 1. The molecule has 0 N–H and O–H groups in total. The Morgan fingerprint density at radius 1 is 1.32 bits per heavy atom. The number of hydrogen-bond acceptors (Lipinski definition) is 3. The predicted octanol–water partition coefficient (Wildman–Crippen LogP) is 2.60. The van der Waals surface area contributed by atoms with Crippen molar-refractivity contribution >= 4 is 5.82 Å². The molecule has 3 rings (SSSR count). The Kier molecular flexibility index (Phi) is 2.85. The van der Waals surface area contributed by atoms with Crippen LogP contribution in [0.5, 0.6) is 5.75 Å². The van der Waals surface area contributed by atoms with Crippen LogP contribution in [0.4, 0.5) is 14.6 Å². The van der Waals surface area contributed by atoms with Crippen LogP contribution in [0, 0.1) is 0 Å². The minimum absolute atomic E-state index is 0.160. The third-order valence-corrected chi connectivity index (χ3v) is 3.19. The molecule has 0 radical (unpaired) electrons. The van der Waals surface area contributed by atoms with E-state index < -0.39 is 6.61 Å². The summed E-state index contributed by atoms with van der Waals surface area (Å²) in [6.45, 7) is -1.06. The fourth-order valence-electron chi connectivity index (χ4n) is 2.34. The summed E-state index contributed by atoms with van der Waals surface area (Å²) in [6, 6.07) is 6.69. The van der Waals surface area contributed by atoms with Gasteiger partial charge >= 0.3 is 6.61 Å². The van der Waals surface area contributed by atoms with E-state index in [9.17, 15) is 8.78 Å². The molecule has 0 unspecified atom stereocenters. The zero-order valence-corrected chi connectivity index (χ0v) is 10.4. The first-order valence-electron chi connectivity index (χ1n) is 5.97. The third kappa shape index (κ3) is 2.14. The van der Waals surface area contributed by atoms with Crippen LogP contribution in [-0.2, 0) is 6.54 Å². The van der Waals surface area contributed by atoms with Crippen LogP contribution >= 0.6 is 0 Å². The molecule has 0 atom stereocenters. The van der Waals surface area contributed by atoms with E-state index in [1.807, 2.05) is 17.8 Å². The number of halogens is 2. The molecule has 1 aromatic heterocycles. The van der Waals surface area contributed by atoms with Gasteiger partial charge in [-0.15, -0.1) is 0 Å². The van der Waals surface area contributed by atoms with Gasteiger partial charge in [0.05, 0.1) is 12.7 Å². The molecule has 0 bridgehead atoms. The molecule has 0 fully saturated rings. The maximum absolute atomic E-state index is 12.2. The monoisotopic (exact) mass is 265 g/mol. The molecule has 19 heavy (non-hydrogen) atoms. The highest BCUT2D eigenvalue weighted by molar-refractivity contribution is 5.77. The van der Waals surface area contributed by atoms with E-state index in [2.05, 4.69) is 14.7 Å². The largest absolute Gasteiger partial charge is 0.435 e. The van der Waals surface area contributed by atoms with Crippen LogP contribution in [0.1, 0.15) is 0 Å². The van der Waals surface area contributed by atoms with Crippen molar-refractivity contribution in [3.8, 4) is 16.9 Å². The van der Waals surface area contributed by atoms with Gasteiger partial charge in [-0.2, -0.15) is 13.9 Å². The molecule has 0 spiro atoms. The van der Waals surface area contributed by atoms with Gasteiger partial charge in [-0.3, -0.25) is 0 Å². The van der Waals surface area contributed by atoms with Crippen molar-refractivity contribution in [2.45, 2.75) is 13.2 Å². The third-order valence-electron chi connectivity index (χ3n) is 3.19. The lowest BCUT2D eigenvalue weighted by Gasteiger charge is -2.12. The Morgan fingerprint density at radius 2 is 2.16 bits per heavy atom. The molecule has 1 aromatic carbocycles. The van der Waals surface area contributed by atoms with E-state index in [1.54, 1.807) is 18.3 Å². The zero-order valence-electron chi connectivity index (χ0n) is 10.4. The Bertz CT molecular complexity index is 597. The highest BCUT2D eigenvalue weighted by Gasteiger charge is 2.22. The van der Waals surface area contributed by atoms with Crippen molar-refractivity contribution in [2.24, 2.45) is 0 Å². The number of aromatic nitrogens is 2. The van der Waals surface area contributed by atoms with E-state index in [0.717, 1.165) is 30.0 Å². The van der Waals surface area contributed by atoms with Gasteiger partial charge in [0.15, 0.2) is 0 Å². The Morgan fingerprint density at radius 3 is 2.95 bits per heavy atom. The standard InChI is InChI=1S/C13H13F2N3O/c1-17-5-6-18-12(17)11(8-16-18)9-3-2-4-10(7-9)19-13(14)15/h2-4,7-8,13H,5-6H2,1H3. The highest BCUT2D eigenvalue weighted by Crippen LogP contribution is 2.34. The minimum Gasteiger partial charge on any atom is -0.435 e. The number of benzene rings is 1. The number of fused-ring (bicyclic) bond motifs is 1. The van der Waals surface area contributed by atoms with Crippen molar-refractivity contribution in [2.75, 3.05) is 18.5 Å². The normalized spacial score (nSPS) is 14.0. The lowest BCUT2D eigenvalue weighted by Crippen LogP contribution is -2.13. The molecular weight excluding hydrogens is 252 g/mol. The van der Waals surface area contributed by atoms with Gasteiger partial charge < -0.3 is 9.64 Å². The van der Waals surface area contributed by atoms with Gasteiger partial charge in [0.1, 0.15) is 11.6 Å². The van der Waals surface area contributed by atoms with Crippen molar-refractivity contribution in [3.05, 3.63) is 30.5 Å². The van der Waals surface area contributed by atoms with Crippen molar-refractivity contribution in [1.82, 2.24) is 9.78 Å². The topological polar surface area (TPSA) is 30.3 Å². The molecule has 1 aliphatic rings. The van der Waals surface area contributed by atoms with Crippen LogP contribution in [-0.4, -0.2) is 30.0 Å². The van der Waals surface area contributed by atoms with Gasteiger partial charge in [0.2, 0.25) is 0 Å². The Labute approximate surface area is 109 Å². The number of rotatable bonds is 3. The summed E-state index contributed by atoms with van der Waals surface area (Å²) < 4.78 is 30.8. The molecule has 0 aliphatic carbocycles. The van der Waals surface area contributed by atoms with Crippen LogP contribution in [0.2, 0.25) is 0 Å². The first-order chi connectivity index (χ1) is 9.15. The molecule has 2 heterocycles. The van der Waals surface area contributed by atoms with Gasteiger partial charge in [0, 0.05) is 19.2 Å².